The maximum absolute atomic E-state index is 9.10. The smallest absolute Gasteiger partial charge is 0.414 e. The van der Waals surface area contributed by atoms with Crippen molar-refractivity contribution in [1.82, 2.24) is 0 Å². The summed E-state index contributed by atoms with van der Waals surface area (Å²) in [5, 5.41) is 22.1. The largest absolute Gasteiger partial charge is 0.503 e. The average molecular weight is 327 g/mol. The molecule has 0 aromatic carbocycles. The molecule has 0 fully saturated rings. The van der Waals surface area contributed by atoms with Gasteiger partial charge in [0.05, 0.1) is 0 Å². The van der Waals surface area contributed by atoms with Crippen LogP contribution in [0.1, 0.15) is 0 Å². The minimum absolute atomic E-state index is 0. The fourth-order valence-electron chi connectivity index (χ4n) is 0. The van der Waals surface area contributed by atoms with Gasteiger partial charge in [-0.25, -0.2) is 9.59 Å². The van der Waals surface area contributed by atoms with Crippen molar-refractivity contribution in [2.75, 3.05) is 0 Å². The van der Waals surface area contributed by atoms with Gasteiger partial charge in [0, 0.05) is 46.8 Å². The van der Waals surface area contributed by atoms with Crippen LogP contribution in [-0.2, 0) is 61.2 Å². The van der Waals surface area contributed by atoms with Crippen LogP contribution < -0.4 is 0 Å². The van der Waals surface area contributed by atoms with E-state index < -0.39 is 17.9 Å². The molecule has 12 heavy (non-hydrogen) atoms. The molecular formula is C4H5CdO6Zn-. The molecule has 0 aliphatic carbocycles. The van der Waals surface area contributed by atoms with Crippen LogP contribution in [0.25, 0.3) is 0 Å². The number of rotatable bonds is 0. The fraction of sp³-hybridized carbons (Fsp3) is 0. The monoisotopic (exact) mass is 327 g/mol. The van der Waals surface area contributed by atoms with E-state index in [0.29, 0.717) is 0 Å². The summed E-state index contributed by atoms with van der Waals surface area (Å²) in [7, 11) is 0. The van der Waals surface area contributed by atoms with Gasteiger partial charge < -0.3 is 15.3 Å². The first kappa shape index (κ1) is 22.6. The number of hydrogen-bond donors (Lipinski definition) is 3. The van der Waals surface area contributed by atoms with Crippen molar-refractivity contribution in [3.63, 3.8) is 0 Å². The minimum atomic E-state index is -1.82. The molecule has 0 rings (SSSR count). The van der Waals surface area contributed by atoms with Crippen LogP contribution in [-0.4, -0.2) is 33.2 Å². The van der Waals surface area contributed by atoms with Gasteiger partial charge in [-0.05, 0) is 0 Å². The zero-order chi connectivity index (χ0) is 8.73. The van der Waals surface area contributed by atoms with Gasteiger partial charge >= 0.3 is 11.9 Å². The van der Waals surface area contributed by atoms with Gasteiger partial charge in [0.1, 0.15) is 0 Å². The zero-order valence-corrected chi connectivity index (χ0v) is 13.2. The van der Waals surface area contributed by atoms with Crippen molar-refractivity contribution < 1.29 is 76.5 Å². The van der Waals surface area contributed by atoms with E-state index in [1.54, 1.807) is 0 Å². The maximum Gasteiger partial charge on any atom is 0.414 e. The van der Waals surface area contributed by atoms with E-state index >= 15 is 0 Å². The Morgan fingerprint density at radius 1 is 0.917 bits per heavy atom. The van der Waals surface area contributed by atoms with Crippen LogP contribution in [0.15, 0.2) is 0 Å². The first-order valence-corrected chi connectivity index (χ1v) is 1.89. The molecule has 0 aromatic heterocycles. The summed E-state index contributed by atoms with van der Waals surface area (Å²) in [5.74, 6) is -4.73. The maximum atomic E-state index is 9.10. The number of carbonyl (C=O) groups is 3. The molecule has 0 aliphatic rings. The van der Waals surface area contributed by atoms with E-state index in [2.05, 4.69) is 6.92 Å². The third kappa shape index (κ3) is 52.3. The topological polar surface area (TPSA) is 112 Å². The van der Waals surface area contributed by atoms with Crippen molar-refractivity contribution in [3.8, 4) is 0 Å². The summed E-state index contributed by atoms with van der Waals surface area (Å²) < 4.78 is 0. The predicted molar refractivity (Wildman–Crippen MR) is 28.3 cm³/mol. The van der Waals surface area contributed by atoms with Crippen LogP contribution in [0.2, 0.25) is 0 Å². The Morgan fingerprint density at radius 3 is 1.00 bits per heavy atom. The summed E-state index contributed by atoms with van der Waals surface area (Å²) >= 11 is 0. The van der Waals surface area contributed by atoms with Crippen LogP contribution >= 0.6 is 0 Å². The van der Waals surface area contributed by atoms with Crippen molar-refractivity contribution >= 4 is 17.9 Å². The summed E-state index contributed by atoms with van der Waals surface area (Å²) in [4.78, 5) is 27.1. The van der Waals surface area contributed by atoms with Crippen LogP contribution in [0, 0.1) is 6.92 Å². The van der Waals surface area contributed by atoms with Crippen molar-refractivity contribution in [3.05, 3.63) is 6.92 Å². The van der Waals surface area contributed by atoms with Gasteiger partial charge in [-0.2, -0.15) is 0 Å². The molecule has 62 valence electrons. The van der Waals surface area contributed by atoms with Crippen molar-refractivity contribution in [2.45, 2.75) is 0 Å². The molecule has 0 atom stereocenters. The van der Waals surface area contributed by atoms with E-state index in [0.717, 1.165) is 0 Å². The molecule has 0 aliphatic heterocycles. The standard InChI is InChI=1S/C2H2O4.C2H3O2.Cd.Zn/c3-1(4)2(5)6;1-2(3)4;;/h(H,3,4)(H,5,6);1H2,(H,3,4);;/q;-1;;. The first-order chi connectivity index (χ1) is 4.37. The predicted octanol–water partition coefficient (Wildman–Crippen LogP) is -0.944. The first-order valence-electron chi connectivity index (χ1n) is 1.89. The Kier molecular flexibility index (Phi) is 25.3. The number of carboxylic acid groups (broad SMARTS) is 3. The molecule has 0 saturated carbocycles. The van der Waals surface area contributed by atoms with E-state index in [1.165, 1.54) is 0 Å². The zero-order valence-electron chi connectivity index (χ0n) is 6.19. The minimum Gasteiger partial charge on any atom is -0.503 e. The van der Waals surface area contributed by atoms with Gasteiger partial charge in [-0.1, -0.05) is 0 Å². The Morgan fingerprint density at radius 2 is 1.00 bits per heavy atom. The van der Waals surface area contributed by atoms with Crippen molar-refractivity contribution in [1.29, 1.82) is 0 Å². The van der Waals surface area contributed by atoms with E-state index in [4.69, 9.17) is 29.7 Å². The second-order valence-corrected chi connectivity index (χ2v) is 1.00. The second kappa shape index (κ2) is 13.4. The van der Waals surface area contributed by atoms with Crippen LogP contribution in [0.4, 0.5) is 0 Å². The molecule has 8 heteroatoms. The third-order valence-electron chi connectivity index (χ3n) is 0.183. The fourth-order valence-corrected chi connectivity index (χ4v) is 0. The van der Waals surface area contributed by atoms with E-state index in [-0.39, 0.29) is 46.8 Å². The van der Waals surface area contributed by atoms with Gasteiger partial charge in [0.15, 0.2) is 5.97 Å². The Hall–Kier alpha value is -0.175. The van der Waals surface area contributed by atoms with Crippen LogP contribution in [0.5, 0.6) is 0 Å². The summed E-state index contributed by atoms with van der Waals surface area (Å²) in [6.07, 6.45) is 0. The molecule has 0 radical (unpaired) electrons. The van der Waals surface area contributed by atoms with Gasteiger partial charge in [-0.3, -0.25) is 11.7 Å². The Balaban J connectivity index is -0.0000000483. The molecule has 6 nitrogen and oxygen atoms in total. The normalized spacial score (nSPS) is 5.67. The Bertz CT molecular complexity index is 142. The summed E-state index contributed by atoms with van der Waals surface area (Å²) in [6, 6.07) is 0. The SMILES string of the molecule is O=C(O)C(=O)O.[CH2-]C(=O)O.[Cd].[Zn]. The quantitative estimate of drug-likeness (QED) is 0.301. The molecule has 0 amide bonds. The molecule has 0 unspecified atom stereocenters. The summed E-state index contributed by atoms with van der Waals surface area (Å²) in [6.45, 7) is 2.56. The van der Waals surface area contributed by atoms with Gasteiger partial charge in [-0.15, -0.1) is 0 Å². The molecule has 0 saturated heterocycles. The number of hydrogen-bond acceptors (Lipinski definition) is 3. The molecular weight excluding hydrogens is 322 g/mol. The van der Waals surface area contributed by atoms with Gasteiger partial charge in [0.2, 0.25) is 0 Å². The van der Waals surface area contributed by atoms with Crippen LogP contribution in [0.3, 0.4) is 0 Å². The Labute approximate surface area is 101 Å². The molecule has 0 spiro atoms. The molecule has 0 aromatic rings. The number of carboxylic acids is 3. The van der Waals surface area contributed by atoms with E-state index in [9.17, 15) is 0 Å². The van der Waals surface area contributed by atoms with E-state index in [1.807, 2.05) is 0 Å². The molecule has 0 heterocycles. The average Bonchev–Trinajstić information content (AvgIpc) is 1.63. The van der Waals surface area contributed by atoms with Gasteiger partial charge in [0.25, 0.3) is 0 Å². The van der Waals surface area contributed by atoms with Crippen molar-refractivity contribution in [2.24, 2.45) is 0 Å². The number of aliphatic carboxylic acids is 3. The third-order valence-corrected chi connectivity index (χ3v) is 0.183. The summed E-state index contributed by atoms with van der Waals surface area (Å²) in [5.41, 5.74) is 0. The molecule has 0 bridgehead atoms. The second-order valence-electron chi connectivity index (χ2n) is 1.00. The molecule has 3 N–H and O–H groups in total.